The number of hydrogen-bond donors (Lipinski definition) is 2. The van der Waals surface area contributed by atoms with Crippen molar-refractivity contribution in [1.29, 1.82) is 0 Å². The molecule has 1 atom stereocenters. The molecule has 0 saturated heterocycles. The zero-order valence-electron chi connectivity index (χ0n) is 12.5. The van der Waals surface area contributed by atoms with Crippen LogP contribution in [0.15, 0.2) is 54.7 Å². The second-order valence-electron chi connectivity index (χ2n) is 5.07. The number of carbonyl (C=O) groups excluding carboxylic acids is 2. The third-order valence-electron chi connectivity index (χ3n) is 3.20. The van der Waals surface area contributed by atoms with Crippen molar-refractivity contribution in [3.05, 3.63) is 60.3 Å². The molecule has 0 aliphatic heterocycles. The van der Waals surface area contributed by atoms with Crippen LogP contribution < -0.4 is 10.6 Å². The molecule has 0 saturated carbocycles. The van der Waals surface area contributed by atoms with Gasteiger partial charge in [0.1, 0.15) is 5.82 Å². The molecule has 0 radical (unpaired) electrons. The van der Waals surface area contributed by atoms with Gasteiger partial charge < -0.3 is 10.6 Å². The molecule has 1 unspecified atom stereocenters. The summed E-state index contributed by atoms with van der Waals surface area (Å²) in [6, 6.07) is 15.1. The summed E-state index contributed by atoms with van der Waals surface area (Å²) in [5.74, 6) is -0.990. The van der Waals surface area contributed by atoms with E-state index in [1.54, 1.807) is 24.4 Å². The Bertz CT molecular complexity index is 614. The summed E-state index contributed by atoms with van der Waals surface area (Å²) >= 11 is 0. The van der Waals surface area contributed by atoms with Crippen LogP contribution >= 0.6 is 0 Å². The molecule has 114 valence electrons. The molecule has 2 N–H and O–H groups in total. The van der Waals surface area contributed by atoms with Crippen LogP contribution in [0.4, 0.5) is 5.82 Å². The summed E-state index contributed by atoms with van der Waals surface area (Å²) in [5, 5.41) is 5.15. The lowest BCUT2D eigenvalue weighted by Gasteiger charge is -2.13. The maximum Gasteiger partial charge on any atom is 0.314 e. The first-order valence-corrected chi connectivity index (χ1v) is 7.22. The van der Waals surface area contributed by atoms with E-state index in [0.29, 0.717) is 5.82 Å². The molecule has 1 heterocycles. The Labute approximate surface area is 129 Å². The van der Waals surface area contributed by atoms with Crippen molar-refractivity contribution in [3.8, 4) is 0 Å². The summed E-state index contributed by atoms with van der Waals surface area (Å²) in [6.45, 7) is 1.88. The number of nitrogens with one attached hydrogen (secondary N) is 2. The number of benzene rings is 1. The van der Waals surface area contributed by atoms with Crippen molar-refractivity contribution in [2.75, 3.05) is 5.32 Å². The molecule has 1 aromatic heterocycles. The zero-order chi connectivity index (χ0) is 15.8. The highest BCUT2D eigenvalue weighted by molar-refractivity contribution is 6.39. The maximum absolute atomic E-state index is 11.8. The van der Waals surface area contributed by atoms with Gasteiger partial charge in [-0.25, -0.2) is 4.98 Å². The molecular weight excluding hydrogens is 278 g/mol. The third-order valence-corrected chi connectivity index (χ3v) is 3.20. The lowest BCUT2D eigenvalue weighted by Crippen LogP contribution is -2.40. The second-order valence-corrected chi connectivity index (χ2v) is 5.07. The molecule has 0 aliphatic rings. The van der Waals surface area contributed by atoms with E-state index in [9.17, 15) is 9.59 Å². The summed E-state index contributed by atoms with van der Waals surface area (Å²) in [5.41, 5.74) is 1.21. The lowest BCUT2D eigenvalue weighted by molar-refractivity contribution is -0.136. The first-order valence-electron chi connectivity index (χ1n) is 7.22. The number of nitrogens with zero attached hydrogens (tertiary/aromatic N) is 1. The maximum atomic E-state index is 11.8. The van der Waals surface area contributed by atoms with E-state index in [2.05, 4.69) is 15.6 Å². The average molecular weight is 297 g/mol. The number of aromatic nitrogens is 1. The standard InChI is InChI=1S/C17H19N3O2/c1-13(10-11-14-7-3-2-4-8-14)19-16(21)17(22)20-15-9-5-6-12-18-15/h2-9,12-13H,10-11H2,1H3,(H,19,21)(H,18,20,22). The number of anilines is 1. The highest BCUT2D eigenvalue weighted by Gasteiger charge is 2.16. The van der Waals surface area contributed by atoms with Crippen molar-refractivity contribution in [2.24, 2.45) is 0 Å². The summed E-state index contributed by atoms with van der Waals surface area (Å²) in [7, 11) is 0. The number of aryl methyl sites for hydroxylation is 1. The van der Waals surface area contributed by atoms with E-state index in [4.69, 9.17) is 0 Å². The zero-order valence-corrected chi connectivity index (χ0v) is 12.5. The van der Waals surface area contributed by atoms with Crippen molar-refractivity contribution >= 4 is 17.6 Å². The number of amides is 2. The Morgan fingerprint density at radius 2 is 1.77 bits per heavy atom. The molecule has 0 bridgehead atoms. The molecule has 2 amide bonds. The molecule has 2 aromatic rings. The van der Waals surface area contributed by atoms with Gasteiger partial charge in [-0.05, 0) is 37.5 Å². The van der Waals surface area contributed by atoms with E-state index in [1.165, 1.54) is 5.56 Å². The second kappa shape index (κ2) is 7.93. The molecule has 5 nitrogen and oxygen atoms in total. The van der Waals surface area contributed by atoms with E-state index < -0.39 is 11.8 Å². The van der Waals surface area contributed by atoms with Crippen LogP contribution in [0.1, 0.15) is 18.9 Å². The van der Waals surface area contributed by atoms with E-state index in [-0.39, 0.29) is 6.04 Å². The molecule has 2 rings (SSSR count). The van der Waals surface area contributed by atoms with Crippen LogP contribution in [-0.4, -0.2) is 22.8 Å². The minimum absolute atomic E-state index is 0.0813. The van der Waals surface area contributed by atoms with E-state index >= 15 is 0 Å². The lowest BCUT2D eigenvalue weighted by atomic mass is 10.1. The fourth-order valence-electron chi connectivity index (χ4n) is 2.00. The van der Waals surface area contributed by atoms with E-state index in [1.807, 2.05) is 37.3 Å². The summed E-state index contributed by atoms with van der Waals surface area (Å²) < 4.78 is 0. The minimum Gasteiger partial charge on any atom is -0.345 e. The predicted octanol–water partition coefficient (Wildman–Crippen LogP) is 2.16. The fraction of sp³-hybridized carbons (Fsp3) is 0.235. The minimum atomic E-state index is -0.703. The number of pyridine rings is 1. The summed E-state index contributed by atoms with van der Waals surface area (Å²) in [4.78, 5) is 27.5. The van der Waals surface area contributed by atoms with Gasteiger partial charge in [-0.2, -0.15) is 0 Å². The van der Waals surface area contributed by atoms with Gasteiger partial charge in [-0.15, -0.1) is 0 Å². The van der Waals surface area contributed by atoms with Gasteiger partial charge in [0, 0.05) is 12.2 Å². The smallest absolute Gasteiger partial charge is 0.314 e. The molecule has 5 heteroatoms. The number of carbonyl (C=O) groups is 2. The van der Waals surface area contributed by atoms with Crippen LogP contribution in [0.5, 0.6) is 0 Å². The van der Waals surface area contributed by atoms with E-state index in [0.717, 1.165) is 12.8 Å². The number of hydrogen-bond acceptors (Lipinski definition) is 3. The Kier molecular flexibility index (Phi) is 5.65. The van der Waals surface area contributed by atoms with Gasteiger partial charge in [0.25, 0.3) is 0 Å². The van der Waals surface area contributed by atoms with Crippen molar-refractivity contribution in [1.82, 2.24) is 10.3 Å². The van der Waals surface area contributed by atoms with Crippen LogP contribution in [0.3, 0.4) is 0 Å². The van der Waals surface area contributed by atoms with Crippen molar-refractivity contribution in [3.63, 3.8) is 0 Å². The normalized spacial score (nSPS) is 11.5. The first kappa shape index (κ1) is 15.7. The SMILES string of the molecule is CC(CCc1ccccc1)NC(=O)C(=O)Nc1ccccn1. The Morgan fingerprint density at radius 1 is 1.05 bits per heavy atom. The van der Waals surface area contributed by atoms with Crippen LogP contribution in [-0.2, 0) is 16.0 Å². The van der Waals surface area contributed by atoms with Crippen LogP contribution in [0.2, 0.25) is 0 Å². The topological polar surface area (TPSA) is 71.1 Å². The Balaban J connectivity index is 1.77. The highest BCUT2D eigenvalue weighted by Crippen LogP contribution is 2.05. The summed E-state index contributed by atoms with van der Waals surface area (Å²) in [6.07, 6.45) is 3.17. The molecule has 0 aliphatic carbocycles. The van der Waals surface area contributed by atoms with Crippen molar-refractivity contribution < 1.29 is 9.59 Å². The van der Waals surface area contributed by atoms with Gasteiger partial charge in [-0.3, -0.25) is 9.59 Å². The van der Waals surface area contributed by atoms with Crippen LogP contribution in [0.25, 0.3) is 0 Å². The number of rotatable bonds is 5. The average Bonchev–Trinajstić information content (AvgIpc) is 2.55. The Hall–Kier alpha value is -2.69. The third kappa shape index (κ3) is 5.01. The quantitative estimate of drug-likeness (QED) is 0.831. The molecular formula is C17H19N3O2. The Morgan fingerprint density at radius 3 is 2.45 bits per heavy atom. The molecule has 0 fully saturated rings. The monoisotopic (exact) mass is 297 g/mol. The van der Waals surface area contributed by atoms with Crippen LogP contribution in [0, 0.1) is 0 Å². The van der Waals surface area contributed by atoms with Crippen molar-refractivity contribution in [2.45, 2.75) is 25.8 Å². The largest absolute Gasteiger partial charge is 0.345 e. The predicted molar refractivity (Wildman–Crippen MR) is 85.2 cm³/mol. The molecule has 1 aromatic carbocycles. The van der Waals surface area contributed by atoms with Gasteiger partial charge in [0.2, 0.25) is 0 Å². The van der Waals surface area contributed by atoms with Gasteiger partial charge in [0.15, 0.2) is 0 Å². The van der Waals surface area contributed by atoms with Gasteiger partial charge >= 0.3 is 11.8 Å². The van der Waals surface area contributed by atoms with Gasteiger partial charge in [0.05, 0.1) is 0 Å². The fourth-order valence-corrected chi connectivity index (χ4v) is 2.00. The highest BCUT2D eigenvalue weighted by atomic mass is 16.2. The molecule has 0 spiro atoms. The molecule has 22 heavy (non-hydrogen) atoms. The first-order chi connectivity index (χ1) is 10.6. The van der Waals surface area contributed by atoms with Gasteiger partial charge in [-0.1, -0.05) is 36.4 Å².